The molecule has 2 saturated carbocycles. The Kier molecular flexibility index (Phi) is 15.2. The molecular formula is C34H52N4O3. The molecule has 41 heavy (non-hydrogen) atoms. The SMILES string of the molecule is CC(C)N=C/C(=C\N)c1ccnc(N(C)C(=O)C2CCCCC2)c1.CO.COc1ccc(C2CCCCC2)cc1C. The Morgan fingerprint density at radius 1 is 1.05 bits per heavy atom. The van der Waals surface area contributed by atoms with Crippen LogP contribution in [0.15, 0.2) is 47.7 Å². The van der Waals surface area contributed by atoms with Crippen molar-refractivity contribution in [2.75, 3.05) is 26.2 Å². The molecule has 4 rings (SSSR count). The van der Waals surface area contributed by atoms with E-state index in [2.05, 4.69) is 35.1 Å². The molecule has 1 aromatic carbocycles. The number of hydrogen-bond acceptors (Lipinski definition) is 6. The molecule has 1 heterocycles. The van der Waals surface area contributed by atoms with Crippen LogP contribution in [-0.4, -0.2) is 49.5 Å². The van der Waals surface area contributed by atoms with Crippen LogP contribution in [0.5, 0.6) is 5.75 Å². The Balaban J connectivity index is 0.000000296. The number of methoxy groups -OCH3 is 1. The molecule has 7 nitrogen and oxygen atoms in total. The lowest BCUT2D eigenvalue weighted by atomic mass is 9.83. The first-order chi connectivity index (χ1) is 19.8. The smallest absolute Gasteiger partial charge is 0.230 e. The fourth-order valence-electron chi connectivity index (χ4n) is 5.55. The van der Waals surface area contributed by atoms with E-state index >= 15 is 0 Å². The molecule has 2 aliphatic rings. The van der Waals surface area contributed by atoms with E-state index in [0.717, 1.165) is 55.6 Å². The lowest BCUT2D eigenvalue weighted by Gasteiger charge is -2.26. The fraction of sp³-hybridized carbons (Fsp3) is 0.559. The van der Waals surface area contributed by atoms with Crippen molar-refractivity contribution in [2.24, 2.45) is 16.6 Å². The number of rotatable bonds is 7. The zero-order valence-corrected chi connectivity index (χ0v) is 26.1. The molecule has 0 atom stereocenters. The van der Waals surface area contributed by atoms with Crippen LogP contribution in [0.2, 0.25) is 0 Å². The highest BCUT2D eigenvalue weighted by Gasteiger charge is 2.25. The summed E-state index contributed by atoms with van der Waals surface area (Å²) in [5.41, 5.74) is 10.2. The van der Waals surface area contributed by atoms with Crippen molar-refractivity contribution in [3.05, 3.63) is 59.4 Å². The van der Waals surface area contributed by atoms with Gasteiger partial charge < -0.3 is 15.6 Å². The number of nitrogens with zero attached hydrogens (tertiary/aromatic N) is 3. The van der Waals surface area contributed by atoms with Crippen LogP contribution in [0.1, 0.15) is 101 Å². The number of aliphatic hydroxyl groups is 1. The van der Waals surface area contributed by atoms with Gasteiger partial charge in [0.15, 0.2) is 0 Å². The second-order valence-electron chi connectivity index (χ2n) is 11.2. The highest BCUT2D eigenvalue weighted by Crippen LogP contribution is 2.34. The Hall–Kier alpha value is -3.19. The van der Waals surface area contributed by atoms with E-state index in [9.17, 15) is 4.79 Å². The van der Waals surface area contributed by atoms with Crippen LogP contribution in [0.25, 0.3) is 5.57 Å². The topological polar surface area (TPSA) is 101 Å². The minimum absolute atomic E-state index is 0.126. The molecule has 2 aliphatic carbocycles. The number of benzene rings is 1. The number of aliphatic imine (C=N–C) groups is 1. The molecule has 7 heteroatoms. The number of aliphatic hydroxyl groups excluding tert-OH is 1. The van der Waals surface area contributed by atoms with Gasteiger partial charge in [0.05, 0.1) is 7.11 Å². The van der Waals surface area contributed by atoms with E-state index in [0.29, 0.717) is 5.82 Å². The zero-order valence-electron chi connectivity index (χ0n) is 26.1. The van der Waals surface area contributed by atoms with Gasteiger partial charge in [0.2, 0.25) is 5.91 Å². The van der Waals surface area contributed by atoms with Gasteiger partial charge in [-0.25, -0.2) is 4.98 Å². The maximum absolute atomic E-state index is 12.7. The quantitative estimate of drug-likeness (QED) is 0.351. The molecule has 0 bridgehead atoms. The largest absolute Gasteiger partial charge is 0.496 e. The second kappa shape index (κ2) is 18.3. The Labute approximate surface area is 247 Å². The summed E-state index contributed by atoms with van der Waals surface area (Å²) in [6.45, 7) is 6.16. The third kappa shape index (κ3) is 10.6. The maximum atomic E-state index is 12.7. The van der Waals surface area contributed by atoms with E-state index in [1.165, 1.54) is 55.9 Å². The highest BCUT2D eigenvalue weighted by atomic mass is 16.5. The summed E-state index contributed by atoms with van der Waals surface area (Å²) in [5, 5.41) is 7.00. The lowest BCUT2D eigenvalue weighted by molar-refractivity contribution is -0.123. The van der Waals surface area contributed by atoms with Crippen molar-refractivity contribution in [1.29, 1.82) is 0 Å². The molecule has 0 saturated heterocycles. The van der Waals surface area contributed by atoms with E-state index < -0.39 is 0 Å². The maximum Gasteiger partial charge on any atom is 0.230 e. The van der Waals surface area contributed by atoms with E-state index in [4.69, 9.17) is 15.6 Å². The van der Waals surface area contributed by atoms with Crippen LogP contribution in [0.4, 0.5) is 5.82 Å². The van der Waals surface area contributed by atoms with Gasteiger partial charge in [-0.15, -0.1) is 0 Å². The Bertz CT molecular complexity index is 1120. The molecular weight excluding hydrogens is 512 g/mol. The van der Waals surface area contributed by atoms with Crippen LogP contribution < -0.4 is 15.4 Å². The number of hydrogen-bond donors (Lipinski definition) is 2. The molecule has 3 N–H and O–H groups in total. The number of carbonyl (C=O) groups excluding carboxylic acids is 1. The summed E-state index contributed by atoms with van der Waals surface area (Å²) in [4.78, 5) is 23.1. The van der Waals surface area contributed by atoms with Gasteiger partial charge in [-0.2, -0.15) is 0 Å². The van der Waals surface area contributed by atoms with Crippen LogP contribution in [0, 0.1) is 12.8 Å². The van der Waals surface area contributed by atoms with Crippen molar-refractivity contribution in [3.63, 3.8) is 0 Å². The molecule has 2 aromatic rings. The zero-order chi connectivity index (χ0) is 30.2. The highest BCUT2D eigenvalue weighted by molar-refractivity contribution is 6.10. The molecule has 0 radical (unpaired) electrons. The van der Waals surface area contributed by atoms with Gasteiger partial charge >= 0.3 is 0 Å². The van der Waals surface area contributed by atoms with Crippen LogP contribution in [-0.2, 0) is 4.79 Å². The minimum Gasteiger partial charge on any atom is -0.496 e. The first-order valence-electron chi connectivity index (χ1n) is 15.1. The number of nitrogens with two attached hydrogens (primary N) is 1. The molecule has 1 amide bonds. The standard InChI is InChI=1S/C19H28N4O.C14H20O.CH4O/c1-14(2)22-13-17(12-20)16-9-10-21-18(11-16)23(3)19(24)15-7-5-4-6-8-15;1-11-10-13(8-9-14(11)15-2)12-6-4-3-5-7-12;1-2/h9-15H,4-8,20H2,1-3H3;8-10,12H,3-7H2,1-2H3;2H,1H3/b17-12+,22-13?;;. The first kappa shape index (κ1) is 34.0. The van der Waals surface area contributed by atoms with E-state index in [1.54, 1.807) is 31.5 Å². The predicted octanol–water partition coefficient (Wildman–Crippen LogP) is 7.06. The van der Waals surface area contributed by atoms with Gasteiger partial charge in [0, 0.05) is 50.3 Å². The summed E-state index contributed by atoms with van der Waals surface area (Å²) in [6.07, 6.45) is 17.5. The molecule has 2 fully saturated rings. The second-order valence-corrected chi connectivity index (χ2v) is 11.2. The number of aromatic nitrogens is 1. The van der Waals surface area contributed by atoms with Crippen LogP contribution in [0.3, 0.4) is 0 Å². The van der Waals surface area contributed by atoms with Gasteiger partial charge in [0.1, 0.15) is 11.6 Å². The van der Waals surface area contributed by atoms with Crippen molar-refractivity contribution < 1.29 is 14.6 Å². The average Bonchev–Trinajstić information content (AvgIpc) is 3.02. The number of carbonyl (C=O) groups is 1. The van der Waals surface area contributed by atoms with Crippen molar-refractivity contribution in [1.82, 2.24) is 4.98 Å². The summed E-state index contributed by atoms with van der Waals surface area (Å²) < 4.78 is 5.29. The first-order valence-corrected chi connectivity index (χ1v) is 15.1. The van der Waals surface area contributed by atoms with E-state index in [-0.39, 0.29) is 17.9 Å². The van der Waals surface area contributed by atoms with Crippen LogP contribution >= 0.6 is 0 Å². The van der Waals surface area contributed by atoms with Gasteiger partial charge in [-0.1, -0.05) is 50.7 Å². The van der Waals surface area contributed by atoms with Crippen molar-refractivity contribution in [2.45, 2.75) is 96.9 Å². The normalized spacial score (nSPS) is 16.4. The number of amides is 1. The number of ether oxygens (including phenoxy) is 1. The van der Waals surface area contributed by atoms with Gasteiger partial charge in [0.25, 0.3) is 0 Å². The molecule has 226 valence electrons. The summed E-state index contributed by atoms with van der Waals surface area (Å²) in [5.74, 6) is 2.74. The average molecular weight is 565 g/mol. The third-order valence-corrected chi connectivity index (χ3v) is 7.89. The van der Waals surface area contributed by atoms with Gasteiger partial charge in [-0.05, 0) is 87.3 Å². The predicted molar refractivity (Wildman–Crippen MR) is 172 cm³/mol. The number of aryl methyl sites for hydroxylation is 1. The number of pyridine rings is 1. The molecule has 0 spiro atoms. The minimum atomic E-state index is 0.126. The molecule has 0 aliphatic heterocycles. The molecule has 0 unspecified atom stereocenters. The third-order valence-electron chi connectivity index (χ3n) is 7.89. The summed E-state index contributed by atoms with van der Waals surface area (Å²) in [6, 6.07) is 10.6. The molecule has 1 aromatic heterocycles. The van der Waals surface area contributed by atoms with E-state index in [1.807, 2.05) is 26.0 Å². The Morgan fingerprint density at radius 3 is 2.24 bits per heavy atom. The monoisotopic (exact) mass is 564 g/mol. The van der Waals surface area contributed by atoms with Gasteiger partial charge in [-0.3, -0.25) is 14.7 Å². The number of allylic oxidation sites excluding steroid dienone is 1. The summed E-state index contributed by atoms with van der Waals surface area (Å²) in [7, 11) is 4.54. The lowest BCUT2D eigenvalue weighted by Crippen LogP contribution is -2.34. The summed E-state index contributed by atoms with van der Waals surface area (Å²) >= 11 is 0. The fourth-order valence-corrected chi connectivity index (χ4v) is 5.55. The Morgan fingerprint density at radius 2 is 1.68 bits per heavy atom. The number of anilines is 1. The van der Waals surface area contributed by atoms with Crippen molar-refractivity contribution in [3.8, 4) is 5.75 Å². The van der Waals surface area contributed by atoms with Crippen molar-refractivity contribution >= 4 is 23.5 Å².